The van der Waals surface area contributed by atoms with Crippen molar-refractivity contribution in [2.75, 3.05) is 0 Å². The Bertz CT molecular complexity index is 106. The lowest BCUT2D eigenvalue weighted by atomic mass is 9.79. The van der Waals surface area contributed by atoms with E-state index < -0.39 is 0 Å². The minimum absolute atomic E-state index is 0.0811. The summed E-state index contributed by atoms with van der Waals surface area (Å²) in [5.41, 5.74) is 0.455. The van der Waals surface area contributed by atoms with Crippen LogP contribution in [0.3, 0.4) is 0 Å². The van der Waals surface area contributed by atoms with Gasteiger partial charge in [-0.1, -0.05) is 40.5 Å². The summed E-state index contributed by atoms with van der Waals surface area (Å²) in [5.74, 6) is 0. The van der Waals surface area contributed by atoms with E-state index in [1.165, 1.54) is 12.8 Å². The van der Waals surface area contributed by atoms with Crippen molar-refractivity contribution in [2.24, 2.45) is 5.41 Å². The molecule has 1 N–H and O–H groups in total. The molecule has 0 aliphatic rings. The molecule has 0 amide bonds. The molecule has 0 bridgehead atoms. The van der Waals surface area contributed by atoms with Gasteiger partial charge >= 0.3 is 0 Å². The Hall–Kier alpha value is -0.0400. The van der Waals surface area contributed by atoms with Gasteiger partial charge in [-0.3, -0.25) is 0 Å². The maximum Gasteiger partial charge on any atom is 0.0537 e. The average molecular weight is 172 g/mol. The molecule has 1 unspecified atom stereocenters. The number of rotatable bonds is 6. The highest BCUT2D eigenvalue weighted by molar-refractivity contribution is 4.72. The van der Waals surface area contributed by atoms with Crippen LogP contribution in [0.5, 0.6) is 0 Å². The minimum atomic E-state index is -0.0811. The first kappa shape index (κ1) is 12.0. The minimum Gasteiger partial charge on any atom is -0.393 e. The van der Waals surface area contributed by atoms with E-state index in [1.807, 2.05) is 6.92 Å². The summed E-state index contributed by atoms with van der Waals surface area (Å²) in [4.78, 5) is 0. The molecule has 0 aliphatic carbocycles. The topological polar surface area (TPSA) is 20.2 Å². The van der Waals surface area contributed by atoms with Crippen LogP contribution in [0.25, 0.3) is 0 Å². The van der Waals surface area contributed by atoms with Gasteiger partial charge in [-0.05, 0) is 24.7 Å². The molecule has 0 radical (unpaired) electrons. The third kappa shape index (κ3) is 4.10. The van der Waals surface area contributed by atoms with Crippen molar-refractivity contribution in [3.05, 3.63) is 0 Å². The van der Waals surface area contributed by atoms with E-state index in [2.05, 4.69) is 20.8 Å². The van der Waals surface area contributed by atoms with Crippen molar-refractivity contribution in [2.45, 2.75) is 65.9 Å². The highest BCUT2D eigenvalue weighted by atomic mass is 16.3. The zero-order valence-corrected chi connectivity index (χ0v) is 9.06. The van der Waals surface area contributed by atoms with Crippen LogP contribution in [0.15, 0.2) is 0 Å². The largest absolute Gasteiger partial charge is 0.393 e. The fourth-order valence-corrected chi connectivity index (χ4v) is 1.32. The summed E-state index contributed by atoms with van der Waals surface area (Å²) in [7, 11) is 0. The molecule has 0 saturated heterocycles. The third-order valence-corrected chi connectivity index (χ3v) is 3.26. The quantitative estimate of drug-likeness (QED) is 0.651. The first-order valence-electron chi connectivity index (χ1n) is 5.26. The van der Waals surface area contributed by atoms with Gasteiger partial charge in [0.25, 0.3) is 0 Å². The van der Waals surface area contributed by atoms with E-state index in [-0.39, 0.29) is 6.10 Å². The van der Waals surface area contributed by atoms with Gasteiger partial charge in [-0.25, -0.2) is 0 Å². The van der Waals surface area contributed by atoms with E-state index in [0.717, 1.165) is 19.3 Å². The highest BCUT2D eigenvalue weighted by Crippen LogP contribution is 2.31. The monoisotopic (exact) mass is 172 g/mol. The molecule has 0 aromatic carbocycles. The number of aliphatic hydroxyl groups is 1. The molecule has 0 aliphatic heterocycles. The van der Waals surface area contributed by atoms with E-state index in [9.17, 15) is 5.11 Å². The van der Waals surface area contributed by atoms with E-state index >= 15 is 0 Å². The number of aliphatic hydroxyl groups excluding tert-OH is 1. The zero-order valence-electron chi connectivity index (χ0n) is 9.06. The summed E-state index contributed by atoms with van der Waals surface area (Å²) in [5, 5.41) is 9.41. The molecule has 74 valence electrons. The summed E-state index contributed by atoms with van der Waals surface area (Å²) >= 11 is 0. The fraction of sp³-hybridized carbons (Fsp3) is 1.00. The van der Waals surface area contributed by atoms with E-state index in [1.54, 1.807) is 0 Å². The van der Waals surface area contributed by atoms with Gasteiger partial charge in [-0.15, -0.1) is 0 Å². The first-order chi connectivity index (χ1) is 5.58. The van der Waals surface area contributed by atoms with Crippen molar-refractivity contribution >= 4 is 0 Å². The molecule has 1 nitrogen and oxygen atoms in total. The molecule has 12 heavy (non-hydrogen) atoms. The molecule has 0 spiro atoms. The first-order valence-corrected chi connectivity index (χ1v) is 5.26. The Morgan fingerprint density at radius 1 is 1.17 bits per heavy atom. The molecule has 0 rings (SSSR count). The molecular formula is C11H24O. The van der Waals surface area contributed by atoms with Crippen molar-refractivity contribution in [1.29, 1.82) is 0 Å². The summed E-state index contributed by atoms with van der Waals surface area (Å²) in [6.45, 7) is 8.83. The molecular weight excluding hydrogens is 148 g/mol. The summed E-state index contributed by atoms with van der Waals surface area (Å²) in [6, 6.07) is 0. The van der Waals surface area contributed by atoms with Crippen molar-refractivity contribution in [1.82, 2.24) is 0 Å². The van der Waals surface area contributed by atoms with Crippen molar-refractivity contribution < 1.29 is 5.11 Å². The second-order valence-electron chi connectivity index (χ2n) is 4.12. The second kappa shape index (κ2) is 5.58. The van der Waals surface area contributed by atoms with Crippen LogP contribution < -0.4 is 0 Å². The van der Waals surface area contributed by atoms with Gasteiger partial charge in [0.1, 0.15) is 0 Å². The molecule has 0 fully saturated rings. The number of hydrogen-bond donors (Lipinski definition) is 1. The fourth-order valence-electron chi connectivity index (χ4n) is 1.32. The standard InChI is InChI=1S/C11H24O/c1-5-10(12)8-9-11(4,6-2)7-3/h10,12H,5-9H2,1-4H3. The third-order valence-electron chi connectivity index (χ3n) is 3.26. The molecule has 1 heteroatoms. The lowest BCUT2D eigenvalue weighted by Crippen LogP contribution is -2.17. The van der Waals surface area contributed by atoms with Crippen LogP contribution in [0.2, 0.25) is 0 Å². The van der Waals surface area contributed by atoms with Gasteiger partial charge in [0, 0.05) is 0 Å². The Labute approximate surface area is 77.2 Å². The maximum absolute atomic E-state index is 9.41. The van der Waals surface area contributed by atoms with E-state index in [0.29, 0.717) is 5.41 Å². The van der Waals surface area contributed by atoms with E-state index in [4.69, 9.17) is 0 Å². The summed E-state index contributed by atoms with van der Waals surface area (Å²) in [6.07, 6.45) is 5.38. The maximum atomic E-state index is 9.41. The normalized spacial score (nSPS) is 14.8. The van der Waals surface area contributed by atoms with Gasteiger partial charge in [0.05, 0.1) is 6.10 Å². The summed E-state index contributed by atoms with van der Waals surface area (Å²) < 4.78 is 0. The smallest absolute Gasteiger partial charge is 0.0537 e. The number of hydrogen-bond acceptors (Lipinski definition) is 1. The van der Waals surface area contributed by atoms with Crippen LogP contribution in [0.1, 0.15) is 59.8 Å². The molecule has 0 saturated carbocycles. The Morgan fingerprint density at radius 2 is 1.67 bits per heavy atom. The second-order valence-corrected chi connectivity index (χ2v) is 4.12. The molecule has 1 atom stereocenters. The van der Waals surface area contributed by atoms with Crippen LogP contribution >= 0.6 is 0 Å². The molecule has 0 heterocycles. The average Bonchev–Trinajstić information content (AvgIpc) is 2.13. The van der Waals surface area contributed by atoms with Crippen LogP contribution in [-0.2, 0) is 0 Å². The lowest BCUT2D eigenvalue weighted by Gasteiger charge is -2.27. The van der Waals surface area contributed by atoms with Gasteiger partial charge < -0.3 is 5.11 Å². The highest BCUT2D eigenvalue weighted by Gasteiger charge is 2.20. The lowest BCUT2D eigenvalue weighted by molar-refractivity contribution is 0.131. The zero-order chi connectivity index (χ0) is 9.61. The molecule has 0 aromatic rings. The van der Waals surface area contributed by atoms with Crippen molar-refractivity contribution in [3.8, 4) is 0 Å². The van der Waals surface area contributed by atoms with Gasteiger partial charge in [-0.2, -0.15) is 0 Å². The predicted octanol–water partition coefficient (Wildman–Crippen LogP) is 3.36. The van der Waals surface area contributed by atoms with Gasteiger partial charge in [0.2, 0.25) is 0 Å². The van der Waals surface area contributed by atoms with Crippen LogP contribution in [0.4, 0.5) is 0 Å². The van der Waals surface area contributed by atoms with Crippen molar-refractivity contribution in [3.63, 3.8) is 0 Å². The van der Waals surface area contributed by atoms with Crippen LogP contribution in [0, 0.1) is 5.41 Å². The van der Waals surface area contributed by atoms with Gasteiger partial charge in [0.15, 0.2) is 0 Å². The molecule has 0 aromatic heterocycles. The Balaban J connectivity index is 3.72. The Morgan fingerprint density at radius 3 is 2.00 bits per heavy atom. The SMILES string of the molecule is CCC(O)CCC(C)(CC)CC. The Kier molecular flexibility index (Phi) is 5.56. The predicted molar refractivity (Wildman–Crippen MR) is 54.2 cm³/mol. The van der Waals surface area contributed by atoms with Crippen LogP contribution in [-0.4, -0.2) is 11.2 Å².